The van der Waals surface area contributed by atoms with Crippen molar-refractivity contribution in [2.45, 2.75) is 26.4 Å². The lowest BCUT2D eigenvalue weighted by Crippen LogP contribution is -2.47. The van der Waals surface area contributed by atoms with Gasteiger partial charge in [0.15, 0.2) is 0 Å². The van der Waals surface area contributed by atoms with Crippen molar-refractivity contribution in [3.63, 3.8) is 0 Å². The fraction of sp³-hybridized carbons (Fsp3) is 0.522. The third-order valence-corrected chi connectivity index (χ3v) is 5.38. The summed E-state index contributed by atoms with van der Waals surface area (Å²) in [5.41, 5.74) is 4.02. The van der Waals surface area contributed by atoms with Crippen LogP contribution in [0.5, 0.6) is 0 Å². The first-order valence-electron chi connectivity index (χ1n) is 10.5. The summed E-state index contributed by atoms with van der Waals surface area (Å²) < 4.78 is 5.36. The highest BCUT2D eigenvalue weighted by Crippen LogP contribution is 2.24. The molecule has 0 saturated carbocycles. The molecule has 0 aliphatic carbocycles. The molecule has 2 aromatic rings. The number of methoxy groups -OCH3 is 1. The summed E-state index contributed by atoms with van der Waals surface area (Å²) >= 11 is 0. The van der Waals surface area contributed by atoms with Gasteiger partial charge < -0.3 is 9.64 Å². The summed E-state index contributed by atoms with van der Waals surface area (Å²) in [6.07, 6.45) is 5.02. The number of anilines is 1. The van der Waals surface area contributed by atoms with Gasteiger partial charge in [0, 0.05) is 71.0 Å². The lowest BCUT2D eigenvalue weighted by atomic mass is 10.1. The van der Waals surface area contributed by atoms with Crippen LogP contribution in [0.4, 0.5) is 5.69 Å². The number of piperazine rings is 1. The van der Waals surface area contributed by atoms with Crippen LogP contribution in [-0.2, 0) is 17.8 Å². The van der Waals surface area contributed by atoms with Crippen molar-refractivity contribution in [2.24, 2.45) is 0 Å². The van der Waals surface area contributed by atoms with E-state index in [1.54, 1.807) is 7.11 Å². The zero-order valence-electron chi connectivity index (χ0n) is 17.4. The number of hydrogen-bond acceptors (Lipinski definition) is 5. The molecule has 1 fully saturated rings. The highest BCUT2D eigenvalue weighted by atomic mass is 16.5. The van der Waals surface area contributed by atoms with Gasteiger partial charge in [-0.25, -0.2) is 0 Å². The summed E-state index contributed by atoms with van der Waals surface area (Å²) in [5.74, 6) is 0. The maximum Gasteiger partial charge on any atom is 0.0589 e. The van der Waals surface area contributed by atoms with Crippen molar-refractivity contribution in [1.82, 2.24) is 14.8 Å². The first-order valence-corrected chi connectivity index (χ1v) is 10.5. The maximum atomic E-state index is 5.36. The Morgan fingerprint density at radius 1 is 1.04 bits per heavy atom. The van der Waals surface area contributed by atoms with Crippen LogP contribution < -0.4 is 4.90 Å². The lowest BCUT2D eigenvalue weighted by molar-refractivity contribution is 0.140. The standard InChI is InChI=1S/C23H34N4O/c1-3-11-25-12-14-27(15-13-25)23-9-5-4-8-22(23)20-26(16-17-28-2)19-21-7-6-10-24-18-21/h4-10,18H,3,11-17,19-20H2,1-2H3. The SMILES string of the molecule is CCCN1CCN(c2ccccc2CN(CCOC)Cc2cccnc2)CC1. The first kappa shape index (κ1) is 20.8. The maximum absolute atomic E-state index is 5.36. The van der Waals surface area contributed by atoms with E-state index in [1.165, 1.54) is 29.8 Å². The summed E-state index contributed by atoms with van der Waals surface area (Å²) in [6, 6.07) is 13.0. The van der Waals surface area contributed by atoms with Crippen LogP contribution in [0.25, 0.3) is 0 Å². The largest absolute Gasteiger partial charge is 0.383 e. The van der Waals surface area contributed by atoms with Crippen LogP contribution >= 0.6 is 0 Å². The number of aromatic nitrogens is 1. The van der Waals surface area contributed by atoms with Gasteiger partial charge in [-0.3, -0.25) is 14.8 Å². The van der Waals surface area contributed by atoms with Crippen molar-refractivity contribution >= 4 is 5.69 Å². The van der Waals surface area contributed by atoms with Crippen molar-refractivity contribution in [1.29, 1.82) is 0 Å². The Bertz CT molecular complexity index is 686. The highest BCUT2D eigenvalue weighted by Gasteiger charge is 2.19. The Kier molecular flexibility index (Phi) is 8.27. The van der Waals surface area contributed by atoms with Crippen LogP contribution in [0.2, 0.25) is 0 Å². The van der Waals surface area contributed by atoms with Crippen LogP contribution in [0.15, 0.2) is 48.8 Å². The minimum absolute atomic E-state index is 0.734. The molecule has 0 atom stereocenters. The molecule has 1 saturated heterocycles. The van der Waals surface area contributed by atoms with Gasteiger partial charge in [0.2, 0.25) is 0 Å². The minimum Gasteiger partial charge on any atom is -0.383 e. The molecule has 0 radical (unpaired) electrons. The lowest BCUT2D eigenvalue weighted by Gasteiger charge is -2.37. The Labute approximate surface area is 169 Å². The normalized spacial score (nSPS) is 15.3. The van der Waals surface area contributed by atoms with Crippen molar-refractivity contribution in [2.75, 3.05) is 57.9 Å². The van der Waals surface area contributed by atoms with E-state index in [-0.39, 0.29) is 0 Å². The van der Waals surface area contributed by atoms with E-state index in [0.29, 0.717) is 0 Å². The molecule has 0 spiro atoms. The molecule has 5 nitrogen and oxygen atoms in total. The van der Waals surface area contributed by atoms with E-state index in [0.717, 1.165) is 52.4 Å². The first-order chi connectivity index (χ1) is 13.8. The summed E-state index contributed by atoms with van der Waals surface area (Å²) in [5, 5.41) is 0. The van der Waals surface area contributed by atoms with Crippen molar-refractivity contribution < 1.29 is 4.74 Å². The highest BCUT2D eigenvalue weighted by molar-refractivity contribution is 5.54. The smallest absolute Gasteiger partial charge is 0.0589 e. The Balaban J connectivity index is 1.69. The third kappa shape index (κ3) is 6.03. The molecule has 3 rings (SSSR count). The molecule has 0 N–H and O–H groups in total. The Morgan fingerprint density at radius 3 is 2.57 bits per heavy atom. The molecular weight excluding hydrogens is 348 g/mol. The number of nitrogens with zero attached hydrogens (tertiary/aromatic N) is 4. The van der Waals surface area contributed by atoms with Crippen molar-refractivity contribution in [3.8, 4) is 0 Å². The second-order valence-corrected chi connectivity index (χ2v) is 7.52. The summed E-state index contributed by atoms with van der Waals surface area (Å²) in [7, 11) is 1.77. The fourth-order valence-electron chi connectivity index (χ4n) is 3.91. The molecule has 1 aromatic heterocycles. The van der Waals surface area contributed by atoms with Gasteiger partial charge in [0.05, 0.1) is 6.61 Å². The molecule has 152 valence electrons. The van der Waals surface area contributed by atoms with Gasteiger partial charge in [0.1, 0.15) is 0 Å². The molecule has 5 heteroatoms. The average Bonchev–Trinajstić information content (AvgIpc) is 2.74. The minimum atomic E-state index is 0.734. The van der Waals surface area contributed by atoms with E-state index in [2.05, 4.69) is 56.9 Å². The second kappa shape index (κ2) is 11.1. The van der Waals surface area contributed by atoms with E-state index in [4.69, 9.17) is 4.74 Å². The molecular formula is C23H34N4O. The molecule has 1 aromatic carbocycles. The monoisotopic (exact) mass is 382 g/mol. The Morgan fingerprint density at radius 2 is 1.86 bits per heavy atom. The summed E-state index contributed by atoms with van der Waals surface area (Å²) in [6.45, 7) is 11.5. The molecule has 1 aliphatic heterocycles. The number of hydrogen-bond donors (Lipinski definition) is 0. The number of para-hydroxylation sites is 1. The van der Waals surface area contributed by atoms with Crippen LogP contribution in [-0.4, -0.2) is 67.8 Å². The van der Waals surface area contributed by atoms with Gasteiger partial charge >= 0.3 is 0 Å². The van der Waals surface area contributed by atoms with Gasteiger partial charge in [-0.05, 0) is 36.2 Å². The quantitative estimate of drug-likeness (QED) is 0.630. The number of ether oxygens (including phenoxy) is 1. The third-order valence-electron chi connectivity index (χ3n) is 5.38. The zero-order chi connectivity index (χ0) is 19.6. The second-order valence-electron chi connectivity index (χ2n) is 7.52. The molecule has 0 amide bonds. The number of benzene rings is 1. The zero-order valence-corrected chi connectivity index (χ0v) is 17.4. The molecule has 1 aliphatic rings. The van der Waals surface area contributed by atoms with E-state index < -0.39 is 0 Å². The van der Waals surface area contributed by atoms with Gasteiger partial charge in [-0.2, -0.15) is 0 Å². The number of rotatable bonds is 10. The van der Waals surface area contributed by atoms with Gasteiger partial charge in [-0.1, -0.05) is 31.2 Å². The predicted molar refractivity (Wildman–Crippen MR) is 116 cm³/mol. The predicted octanol–water partition coefficient (Wildman–Crippen LogP) is 3.26. The van der Waals surface area contributed by atoms with Crippen LogP contribution in [0, 0.1) is 0 Å². The van der Waals surface area contributed by atoms with Gasteiger partial charge in [0.25, 0.3) is 0 Å². The molecule has 28 heavy (non-hydrogen) atoms. The van der Waals surface area contributed by atoms with E-state index >= 15 is 0 Å². The average molecular weight is 383 g/mol. The molecule has 0 unspecified atom stereocenters. The van der Waals surface area contributed by atoms with Gasteiger partial charge in [-0.15, -0.1) is 0 Å². The fourth-order valence-corrected chi connectivity index (χ4v) is 3.91. The Hall–Kier alpha value is -1.95. The topological polar surface area (TPSA) is 31.8 Å². The summed E-state index contributed by atoms with van der Waals surface area (Å²) in [4.78, 5) is 11.8. The van der Waals surface area contributed by atoms with Crippen molar-refractivity contribution in [3.05, 3.63) is 59.9 Å². The van der Waals surface area contributed by atoms with E-state index in [1.807, 2.05) is 18.5 Å². The van der Waals surface area contributed by atoms with Crippen LogP contribution in [0.3, 0.4) is 0 Å². The van der Waals surface area contributed by atoms with E-state index in [9.17, 15) is 0 Å². The molecule has 2 heterocycles. The number of pyridine rings is 1. The van der Waals surface area contributed by atoms with Crippen LogP contribution in [0.1, 0.15) is 24.5 Å². The molecule has 0 bridgehead atoms.